The first-order valence-electron chi connectivity index (χ1n) is 7.28. The number of nitrogens with one attached hydrogen (secondary N) is 2. The van der Waals surface area contributed by atoms with Crippen molar-refractivity contribution < 1.29 is 9.13 Å². The van der Waals surface area contributed by atoms with Gasteiger partial charge in [0.1, 0.15) is 29.8 Å². The molecule has 0 bridgehead atoms. The fourth-order valence-electron chi connectivity index (χ4n) is 1.92. The second-order valence-corrected chi connectivity index (χ2v) is 4.99. The summed E-state index contributed by atoms with van der Waals surface area (Å²) < 4.78 is 20.5. The lowest BCUT2D eigenvalue weighted by atomic mass is 10.3. The highest BCUT2D eigenvalue weighted by molar-refractivity contribution is 14.0. The minimum absolute atomic E-state index is 0. The Hall–Kier alpha value is -1.91. The van der Waals surface area contributed by atoms with Gasteiger partial charge in [-0.25, -0.2) is 9.37 Å². The van der Waals surface area contributed by atoms with E-state index in [9.17, 15) is 4.39 Å². The molecule has 1 unspecified atom stereocenters. The van der Waals surface area contributed by atoms with Crippen LogP contribution in [0.4, 0.5) is 4.39 Å². The zero-order valence-corrected chi connectivity index (χ0v) is 16.2. The topological polar surface area (TPSA) is 76.4 Å². The first kappa shape index (κ1) is 20.1. The van der Waals surface area contributed by atoms with Crippen LogP contribution in [0.5, 0.6) is 5.75 Å². The summed E-state index contributed by atoms with van der Waals surface area (Å²) in [5, 5.41) is 10.3. The van der Waals surface area contributed by atoms with Gasteiger partial charge in [0.05, 0.1) is 13.1 Å². The number of rotatable bonds is 6. The average molecular weight is 448 g/mol. The van der Waals surface area contributed by atoms with Gasteiger partial charge < -0.3 is 15.4 Å². The molecule has 0 spiro atoms. The summed E-state index contributed by atoms with van der Waals surface area (Å²) in [5.74, 6) is 1.62. The van der Waals surface area contributed by atoms with Gasteiger partial charge >= 0.3 is 0 Å². The van der Waals surface area contributed by atoms with Gasteiger partial charge in [0, 0.05) is 20.2 Å². The number of aromatic nitrogens is 3. The Bertz CT molecular complexity index is 663. The molecule has 1 atom stereocenters. The fourth-order valence-corrected chi connectivity index (χ4v) is 1.92. The van der Waals surface area contributed by atoms with Crippen LogP contribution in [0.1, 0.15) is 12.7 Å². The van der Waals surface area contributed by atoms with E-state index < -0.39 is 0 Å². The molecule has 24 heavy (non-hydrogen) atoms. The summed E-state index contributed by atoms with van der Waals surface area (Å²) in [6.45, 7) is 2.93. The van der Waals surface area contributed by atoms with Crippen LogP contribution in [0.2, 0.25) is 0 Å². The van der Waals surface area contributed by atoms with Crippen LogP contribution >= 0.6 is 24.0 Å². The Kier molecular flexibility index (Phi) is 8.44. The minimum Gasteiger partial charge on any atom is -0.489 e. The van der Waals surface area contributed by atoms with Crippen LogP contribution in [-0.2, 0) is 13.6 Å². The van der Waals surface area contributed by atoms with Crippen molar-refractivity contribution in [3.8, 4) is 5.75 Å². The van der Waals surface area contributed by atoms with E-state index in [1.165, 1.54) is 18.5 Å². The minimum atomic E-state index is -0.316. The molecule has 9 heteroatoms. The Morgan fingerprint density at radius 2 is 2.21 bits per heavy atom. The maximum absolute atomic E-state index is 13.1. The van der Waals surface area contributed by atoms with Crippen molar-refractivity contribution in [1.82, 2.24) is 25.4 Å². The van der Waals surface area contributed by atoms with E-state index in [1.54, 1.807) is 23.9 Å². The van der Waals surface area contributed by atoms with Crippen molar-refractivity contribution in [2.45, 2.75) is 19.6 Å². The predicted molar refractivity (Wildman–Crippen MR) is 101 cm³/mol. The molecule has 132 valence electrons. The number of hydrogen-bond donors (Lipinski definition) is 2. The largest absolute Gasteiger partial charge is 0.489 e. The molecule has 0 radical (unpaired) electrons. The van der Waals surface area contributed by atoms with Crippen LogP contribution in [0.25, 0.3) is 0 Å². The standard InChI is InChI=1S/C15H21FN6O.HI/c1-11(23-13-6-4-5-12(16)7-13)8-18-15(17-2)19-9-14-20-10-21-22(14)3;/h4-7,10-11H,8-9H2,1-3H3,(H2,17,18,19);1H. The average Bonchev–Trinajstić information content (AvgIpc) is 2.93. The van der Waals surface area contributed by atoms with Crippen molar-refractivity contribution >= 4 is 29.9 Å². The zero-order chi connectivity index (χ0) is 16.7. The van der Waals surface area contributed by atoms with Gasteiger partial charge in [-0.1, -0.05) is 6.07 Å². The Balaban J connectivity index is 0.00000288. The molecular formula is C15H22FIN6O. The quantitative estimate of drug-likeness (QED) is 0.400. The van der Waals surface area contributed by atoms with E-state index >= 15 is 0 Å². The summed E-state index contributed by atoms with van der Waals surface area (Å²) in [5.41, 5.74) is 0. The highest BCUT2D eigenvalue weighted by Gasteiger charge is 2.07. The first-order valence-corrected chi connectivity index (χ1v) is 7.28. The molecule has 2 N–H and O–H groups in total. The number of aliphatic imine (C=N–C) groups is 1. The molecule has 0 saturated carbocycles. The maximum atomic E-state index is 13.1. The second kappa shape index (κ2) is 10.1. The lowest BCUT2D eigenvalue weighted by molar-refractivity contribution is 0.223. The lowest BCUT2D eigenvalue weighted by Gasteiger charge is -2.17. The highest BCUT2D eigenvalue weighted by Crippen LogP contribution is 2.13. The van der Waals surface area contributed by atoms with Crippen LogP contribution in [0.3, 0.4) is 0 Å². The molecule has 2 aromatic rings. The van der Waals surface area contributed by atoms with Gasteiger partial charge in [0.15, 0.2) is 5.96 Å². The molecule has 1 aromatic heterocycles. The number of hydrogen-bond acceptors (Lipinski definition) is 4. The fraction of sp³-hybridized carbons (Fsp3) is 0.400. The van der Waals surface area contributed by atoms with E-state index in [0.29, 0.717) is 24.8 Å². The van der Waals surface area contributed by atoms with E-state index in [-0.39, 0.29) is 35.9 Å². The predicted octanol–water partition coefficient (Wildman–Crippen LogP) is 1.70. The molecule has 1 heterocycles. The third-order valence-corrected chi connectivity index (χ3v) is 3.13. The second-order valence-electron chi connectivity index (χ2n) is 4.99. The van der Waals surface area contributed by atoms with Gasteiger partial charge in [-0.3, -0.25) is 9.67 Å². The number of halogens is 2. The molecule has 0 aliphatic rings. The van der Waals surface area contributed by atoms with Crippen molar-refractivity contribution in [2.75, 3.05) is 13.6 Å². The summed E-state index contributed by atoms with van der Waals surface area (Å²) in [7, 11) is 3.51. The number of nitrogens with zero attached hydrogens (tertiary/aromatic N) is 4. The van der Waals surface area contributed by atoms with E-state index in [4.69, 9.17) is 4.74 Å². The van der Waals surface area contributed by atoms with Gasteiger partial charge in [0.25, 0.3) is 0 Å². The molecule has 1 aromatic carbocycles. The summed E-state index contributed by atoms with van der Waals surface area (Å²) in [6.07, 6.45) is 1.35. The van der Waals surface area contributed by atoms with Crippen molar-refractivity contribution in [3.05, 3.63) is 42.2 Å². The van der Waals surface area contributed by atoms with Gasteiger partial charge in [0.2, 0.25) is 0 Å². The van der Waals surface area contributed by atoms with Gasteiger partial charge in [-0.2, -0.15) is 5.10 Å². The third-order valence-electron chi connectivity index (χ3n) is 3.13. The molecule has 0 aliphatic heterocycles. The molecule has 0 fully saturated rings. The van der Waals surface area contributed by atoms with Crippen LogP contribution in [-0.4, -0.2) is 40.4 Å². The number of aryl methyl sites for hydroxylation is 1. The van der Waals surface area contributed by atoms with Gasteiger partial charge in [-0.05, 0) is 19.1 Å². The molecule has 0 amide bonds. The summed E-state index contributed by atoms with van der Waals surface area (Å²) in [4.78, 5) is 8.26. The van der Waals surface area contributed by atoms with Crippen molar-refractivity contribution in [2.24, 2.45) is 12.0 Å². The van der Waals surface area contributed by atoms with Crippen molar-refractivity contribution in [3.63, 3.8) is 0 Å². The van der Waals surface area contributed by atoms with E-state index in [0.717, 1.165) is 5.82 Å². The van der Waals surface area contributed by atoms with Crippen LogP contribution in [0.15, 0.2) is 35.6 Å². The summed E-state index contributed by atoms with van der Waals surface area (Å²) in [6, 6.07) is 6.08. The Morgan fingerprint density at radius 3 is 2.83 bits per heavy atom. The van der Waals surface area contributed by atoms with Crippen molar-refractivity contribution in [1.29, 1.82) is 0 Å². The lowest BCUT2D eigenvalue weighted by Crippen LogP contribution is -2.41. The van der Waals surface area contributed by atoms with E-state index in [1.807, 2.05) is 14.0 Å². The Labute approximate surface area is 157 Å². The number of guanidine groups is 1. The molecule has 2 rings (SSSR count). The van der Waals surface area contributed by atoms with Crippen LogP contribution in [0, 0.1) is 5.82 Å². The molecule has 7 nitrogen and oxygen atoms in total. The van der Waals surface area contributed by atoms with Crippen LogP contribution < -0.4 is 15.4 Å². The molecular weight excluding hydrogens is 426 g/mol. The summed E-state index contributed by atoms with van der Waals surface area (Å²) >= 11 is 0. The SMILES string of the molecule is CN=C(NCc1ncnn1C)NCC(C)Oc1cccc(F)c1.I. The third kappa shape index (κ3) is 6.30. The normalized spacial score (nSPS) is 12.2. The molecule has 0 saturated heterocycles. The number of benzene rings is 1. The number of ether oxygens (including phenoxy) is 1. The highest BCUT2D eigenvalue weighted by atomic mass is 127. The monoisotopic (exact) mass is 448 g/mol. The molecule has 0 aliphatic carbocycles. The smallest absolute Gasteiger partial charge is 0.191 e. The Morgan fingerprint density at radius 1 is 1.42 bits per heavy atom. The van der Waals surface area contributed by atoms with Gasteiger partial charge in [-0.15, -0.1) is 24.0 Å². The zero-order valence-electron chi connectivity index (χ0n) is 13.9. The maximum Gasteiger partial charge on any atom is 0.191 e. The first-order chi connectivity index (χ1) is 11.1. The van der Waals surface area contributed by atoms with E-state index in [2.05, 4.69) is 25.7 Å².